The first kappa shape index (κ1) is 22.3. The summed E-state index contributed by atoms with van der Waals surface area (Å²) in [6.07, 6.45) is 2.22. The second kappa shape index (κ2) is 9.21. The van der Waals surface area contributed by atoms with E-state index in [-0.39, 0.29) is 17.8 Å². The van der Waals surface area contributed by atoms with Crippen LogP contribution in [0.2, 0.25) is 0 Å². The van der Waals surface area contributed by atoms with Gasteiger partial charge in [0.25, 0.3) is 0 Å². The molecular weight excluding hydrogens is 382 g/mol. The van der Waals surface area contributed by atoms with Crippen LogP contribution in [0.15, 0.2) is 35.6 Å². The number of nitrogens with two attached hydrogens (primary N) is 1. The minimum atomic E-state index is -0.866. The number of ketones is 1. The summed E-state index contributed by atoms with van der Waals surface area (Å²) in [4.78, 5) is 25.9. The molecule has 30 heavy (non-hydrogen) atoms. The number of carbonyl (C=O) groups excluding carboxylic acids is 2. The molecule has 0 radical (unpaired) electrons. The number of carbonyl (C=O) groups is 2. The number of esters is 1. The second-order valence-corrected chi connectivity index (χ2v) is 8.89. The standard InChI is InChI=1S/C24H33NO5/c1-5-7-12-29-16-10-8-15(9-11-16)19-20-17(26)13-24(3,4)14-18(20)30-22(25)21(19)23(27)28-6-2/h8-11,19,21-22H,5-7,12-14,25H2,1-4H3/t19-,21-,22+/m1/s1. The number of rotatable bonds is 7. The number of benzene rings is 1. The fraction of sp³-hybridized carbons (Fsp3) is 0.583. The summed E-state index contributed by atoms with van der Waals surface area (Å²) >= 11 is 0. The van der Waals surface area contributed by atoms with Crippen molar-refractivity contribution < 1.29 is 23.8 Å². The van der Waals surface area contributed by atoms with Gasteiger partial charge >= 0.3 is 5.97 Å². The van der Waals surface area contributed by atoms with Crippen molar-refractivity contribution in [3.05, 3.63) is 41.2 Å². The average Bonchev–Trinajstić information content (AvgIpc) is 2.67. The van der Waals surface area contributed by atoms with Gasteiger partial charge in [-0.25, -0.2) is 0 Å². The summed E-state index contributed by atoms with van der Waals surface area (Å²) in [6, 6.07) is 7.58. The topological polar surface area (TPSA) is 87.9 Å². The van der Waals surface area contributed by atoms with Crippen LogP contribution >= 0.6 is 0 Å². The molecule has 6 nitrogen and oxygen atoms in total. The molecule has 0 spiro atoms. The zero-order chi connectivity index (χ0) is 21.9. The van der Waals surface area contributed by atoms with E-state index in [2.05, 4.69) is 6.92 Å². The van der Waals surface area contributed by atoms with Crippen LogP contribution in [0.25, 0.3) is 0 Å². The van der Waals surface area contributed by atoms with Crippen LogP contribution in [0, 0.1) is 11.3 Å². The Bertz CT molecular complexity index is 811. The van der Waals surface area contributed by atoms with Gasteiger partial charge in [0.2, 0.25) is 0 Å². The van der Waals surface area contributed by atoms with E-state index in [1.54, 1.807) is 6.92 Å². The van der Waals surface area contributed by atoms with E-state index >= 15 is 0 Å². The van der Waals surface area contributed by atoms with Crippen LogP contribution in [0.3, 0.4) is 0 Å². The van der Waals surface area contributed by atoms with Gasteiger partial charge in [-0.15, -0.1) is 0 Å². The molecule has 1 aromatic rings. The minimum absolute atomic E-state index is 0.00993. The largest absolute Gasteiger partial charge is 0.494 e. The van der Waals surface area contributed by atoms with Crippen molar-refractivity contribution in [2.75, 3.05) is 13.2 Å². The van der Waals surface area contributed by atoms with Crippen molar-refractivity contribution in [1.29, 1.82) is 0 Å². The van der Waals surface area contributed by atoms with E-state index in [1.807, 2.05) is 38.1 Å². The lowest BCUT2D eigenvalue weighted by Gasteiger charge is -2.42. The van der Waals surface area contributed by atoms with Crippen LogP contribution < -0.4 is 10.5 Å². The summed E-state index contributed by atoms with van der Waals surface area (Å²) in [5.41, 5.74) is 7.50. The lowest BCUT2D eigenvalue weighted by atomic mass is 9.68. The van der Waals surface area contributed by atoms with Gasteiger partial charge in [-0.3, -0.25) is 15.3 Å². The van der Waals surface area contributed by atoms with Gasteiger partial charge in [-0.1, -0.05) is 39.3 Å². The Labute approximate surface area is 178 Å². The van der Waals surface area contributed by atoms with Gasteiger partial charge in [-0.05, 0) is 36.5 Å². The van der Waals surface area contributed by atoms with E-state index in [1.165, 1.54) is 0 Å². The molecule has 0 unspecified atom stereocenters. The molecular formula is C24H33NO5. The molecule has 164 valence electrons. The average molecular weight is 416 g/mol. The molecule has 0 saturated heterocycles. The number of hydrogen-bond acceptors (Lipinski definition) is 6. The molecule has 0 saturated carbocycles. The van der Waals surface area contributed by atoms with Crippen LogP contribution in [-0.4, -0.2) is 31.2 Å². The molecule has 2 aliphatic rings. The molecule has 1 heterocycles. The molecule has 1 aliphatic heterocycles. The first-order valence-corrected chi connectivity index (χ1v) is 10.8. The van der Waals surface area contributed by atoms with Gasteiger partial charge in [-0.2, -0.15) is 0 Å². The highest BCUT2D eigenvalue weighted by Crippen LogP contribution is 2.49. The van der Waals surface area contributed by atoms with Crippen molar-refractivity contribution in [2.45, 2.75) is 65.5 Å². The quantitative estimate of drug-likeness (QED) is 0.533. The maximum atomic E-state index is 13.1. The third-order valence-corrected chi connectivity index (χ3v) is 5.75. The van der Waals surface area contributed by atoms with Crippen molar-refractivity contribution in [3.63, 3.8) is 0 Å². The fourth-order valence-electron chi connectivity index (χ4n) is 4.33. The molecule has 2 N–H and O–H groups in total. The van der Waals surface area contributed by atoms with E-state index in [0.717, 1.165) is 24.2 Å². The Hall–Kier alpha value is -2.34. The number of Topliss-reactive ketones (excluding diaryl/α,β-unsaturated/α-hetero) is 1. The van der Waals surface area contributed by atoms with Gasteiger partial charge in [0.1, 0.15) is 17.4 Å². The normalized spacial score (nSPS) is 25.4. The van der Waals surface area contributed by atoms with Crippen LogP contribution in [0.5, 0.6) is 5.75 Å². The predicted molar refractivity (Wildman–Crippen MR) is 114 cm³/mol. The molecule has 0 aromatic heterocycles. The maximum absolute atomic E-state index is 13.1. The molecule has 0 fully saturated rings. The van der Waals surface area contributed by atoms with Gasteiger partial charge in [0, 0.05) is 24.3 Å². The van der Waals surface area contributed by atoms with Gasteiger partial charge in [0.05, 0.1) is 13.2 Å². The Morgan fingerprint density at radius 3 is 2.53 bits per heavy atom. The number of unbranched alkanes of at least 4 members (excludes halogenated alkanes) is 1. The highest BCUT2D eigenvalue weighted by atomic mass is 16.5. The van der Waals surface area contributed by atoms with Crippen molar-refractivity contribution in [1.82, 2.24) is 0 Å². The Kier molecular flexibility index (Phi) is 6.86. The third kappa shape index (κ3) is 4.69. The molecule has 6 heteroatoms. The number of hydrogen-bond donors (Lipinski definition) is 1. The molecule has 0 bridgehead atoms. The van der Waals surface area contributed by atoms with E-state index < -0.39 is 24.0 Å². The van der Waals surface area contributed by atoms with Crippen LogP contribution in [0.1, 0.15) is 64.9 Å². The van der Waals surface area contributed by atoms with E-state index in [0.29, 0.717) is 30.8 Å². The Morgan fingerprint density at radius 1 is 1.20 bits per heavy atom. The second-order valence-electron chi connectivity index (χ2n) is 8.89. The highest BCUT2D eigenvalue weighted by Gasteiger charge is 2.49. The third-order valence-electron chi connectivity index (χ3n) is 5.75. The summed E-state index contributed by atoms with van der Waals surface area (Å²) in [5.74, 6) is -0.325. The fourth-order valence-corrected chi connectivity index (χ4v) is 4.33. The monoisotopic (exact) mass is 415 g/mol. The summed E-state index contributed by atoms with van der Waals surface area (Å²) in [6.45, 7) is 8.85. The zero-order valence-corrected chi connectivity index (χ0v) is 18.4. The van der Waals surface area contributed by atoms with Crippen molar-refractivity contribution >= 4 is 11.8 Å². The predicted octanol–water partition coefficient (Wildman–Crippen LogP) is 4.09. The first-order valence-electron chi connectivity index (χ1n) is 10.8. The van der Waals surface area contributed by atoms with Crippen LogP contribution in [-0.2, 0) is 19.1 Å². The lowest BCUT2D eigenvalue weighted by molar-refractivity contribution is -0.155. The SMILES string of the molecule is CCCCOc1ccc([C@@H]2C3=C(CC(C)(C)CC3=O)O[C@H](N)[C@@H]2C(=O)OCC)cc1. The maximum Gasteiger partial charge on any atom is 0.315 e. The van der Waals surface area contributed by atoms with Crippen LogP contribution in [0.4, 0.5) is 0 Å². The highest BCUT2D eigenvalue weighted by molar-refractivity contribution is 6.00. The van der Waals surface area contributed by atoms with Crippen molar-refractivity contribution in [3.8, 4) is 5.75 Å². The number of ether oxygens (including phenoxy) is 3. The van der Waals surface area contributed by atoms with Gasteiger partial charge < -0.3 is 14.2 Å². The molecule has 0 amide bonds. The molecule has 1 aliphatic carbocycles. The smallest absolute Gasteiger partial charge is 0.315 e. The Morgan fingerprint density at radius 2 is 1.90 bits per heavy atom. The molecule has 3 rings (SSSR count). The lowest BCUT2D eigenvalue weighted by Crippen LogP contribution is -2.48. The molecule has 3 atom stereocenters. The minimum Gasteiger partial charge on any atom is -0.494 e. The first-order chi connectivity index (χ1) is 14.3. The van der Waals surface area contributed by atoms with E-state index in [9.17, 15) is 9.59 Å². The number of allylic oxidation sites excluding steroid dienone is 2. The van der Waals surface area contributed by atoms with Gasteiger partial charge in [0.15, 0.2) is 12.0 Å². The Balaban J connectivity index is 2.00. The summed E-state index contributed by atoms with van der Waals surface area (Å²) < 4.78 is 17.0. The van der Waals surface area contributed by atoms with Crippen molar-refractivity contribution in [2.24, 2.45) is 17.1 Å². The summed E-state index contributed by atoms with van der Waals surface area (Å²) in [5, 5.41) is 0. The molecule has 1 aromatic carbocycles. The van der Waals surface area contributed by atoms with E-state index in [4.69, 9.17) is 19.9 Å². The summed E-state index contributed by atoms with van der Waals surface area (Å²) in [7, 11) is 0. The zero-order valence-electron chi connectivity index (χ0n) is 18.4.